The van der Waals surface area contributed by atoms with Crippen molar-refractivity contribution in [1.82, 2.24) is 0 Å². The molecule has 0 aromatic heterocycles. The van der Waals surface area contributed by atoms with Gasteiger partial charge in [-0.1, -0.05) is 73.4 Å². The van der Waals surface area contributed by atoms with Crippen molar-refractivity contribution in [1.29, 1.82) is 0 Å². The molecule has 22 heavy (non-hydrogen) atoms. The van der Waals surface area contributed by atoms with Crippen molar-refractivity contribution >= 4 is 23.1 Å². The second-order valence-electron chi connectivity index (χ2n) is 5.75. The summed E-state index contributed by atoms with van der Waals surface area (Å²) in [6.07, 6.45) is 7.49. The lowest BCUT2D eigenvalue weighted by atomic mass is 9.97. The Kier molecular flexibility index (Phi) is 5.10. The van der Waals surface area contributed by atoms with Crippen molar-refractivity contribution in [3.63, 3.8) is 0 Å². The lowest BCUT2D eigenvalue weighted by Gasteiger charge is -2.08. The molecule has 0 atom stereocenters. The summed E-state index contributed by atoms with van der Waals surface area (Å²) in [5.74, 6) is 0. The summed E-state index contributed by atoms with van der Waals surface area (Å²) < 4.78 is 0. The minimum absolute atomic E-state index is 0.793. The van der Waals surface area contributed by atoms with Crippen LogP contribution < -0.4 is 0 Å². The van der Waals surface area contributed by atoms with Crippen LogP contribution in [0.5, 0.6) is 0 Å². The molecule has 0 saturated carbocycles. The third-order valence-electron chi connectivity index (χ3n) is 3.73. The fourth-order valence-corrected chi connectivity index (χ4v) is 2.66. The molecule has 1 aliphatic rings. The minimum Gasteiger partial charge on any atom is -0.143 e. The molecular formula is C21H22S. The molecule has 2 rings (SSSR count). The van der Waals surface area contributed by atoms with Crippen LogP contribution in [0.1, 0.15) is 31.4 Å². The van der Waals surface area contributed by atoms with E-state index in [1.54, 1.807) is 0 Å². The summed E-state index contributed by atoms with van der Waals surface area (Å²) in [6.45, 7) is 16.0. The summed E-state index contributed by atoms with van der Waals surface area (Å²) in [6, 6.07) is 8.38. The Morgan fingerprint density at radius 3 is 2.09 bits per heavy atom. The molecule has 0 aliphatic heterocycles. The fourth-order valence-electron chi connectivity index (χ4n) is 2.52. The van der Waals surface area contributed by atoms with Crippen LogP contribution in [-0.4, -0.2) is 0 Å². The summed E-state index contributed by atoms with van der Waals surface area (Å²) in [5, 5.41) is 0. The molecule has 0 spiro atoms. The van der Waals surface area contributed by atoms with E-state index < -0.39 is 0 Å². The number of benzene rings is 1. The largest absolute Gasteiger partial charge is 0.143 e. The van der Waals surface area contributed by atoms with Gasteiger partial charge in [0.05, 0.1) is 0 Å². The van der Waals surface area contributed by atoms with Crippen LogP contribution in [0.3, 0.4) is 0 Å². The van der Waals surface area contributed by atoms with E-state index in [-0.39, 0.29) is 0 Å². The highest BCUT2D eigenvalue weighted by atomic mass is 32.1. The Labute approximate surface area is 139 Å². The summed E-state index contributed by atoms with van der Waals surface area (Å²) in [7, 11) is 0. The van der Waals surface area contributed by atoms with Crippen LogP contribution in [0.25, 0.3) is 10.5 Å². The van der Waals surface area contributed by atoms with E-state index in [0.29, 0.717) is 0 Å². The second kappa shape index (κ2) is 6.85. The van der Waals surface area contributed by atoms with Gasteiger partial charge in [0, 0.05) is 4.91 Å². The fraction of sp³-hybridized carbons (Fsp3) is 0.143. The molecular weight excluding hydrogens is 284 g/mol. The van der Waals surface area contributed by atoms with E-state index in [2.05, 4.69) is 74.9 Å². The second-order valence-corrected chi connectivity index (χ2v) is 6.29. The molecule has 0 nitrogen and oxygen atoms in total. The number of allylic oxidation sites excluding steroid dienone is 8. The van der Waals surface area contributed by atoms with Gasteiger partial charge in [0.1, 0.15) is 0 Å². The first kappa shape index (κ1) is 16.4. The highest BCUT2D eigenvalue weighted by molar-refractivity contribution is 7.90. The van der Waals surface area contributed by atoms with E-state index in [0.717, 1.165) is 33.6 Å². The molecule has 0 saturated heterocycles. The van der Waals surface area contributed by atoms with Crippen molar-refractivity contribution in [2.75, 3.05) is 0 Å². The van der Waals surface area contributed by atoms with Gasteiger partial charge in [0.15, 0.2) is 0 Å². The molecule has 1 heteroatoms. The Hall–Kier alpha value is -1.99. The Bertz CT molecular complexity index is 706. The molecule has 1 aromatic carbocycles. The van der Waals surface area contributed by atoms with Gasteiger partial charge in [-0.3, -0.25) is 0 Å². The number of hydrogen-bond acceptors (Lipinski definition) is 1. The maximum absolute atomic E-state index is 4.28. The standard InChI is InChI=1S/C21H22S/c1-14(2)21(15(3)4)13-17-6-7-20(12-17)19-10-8-18(9-11-19)16(5)22/h6-11,13,22H,1,3,5,12H2,2,4H3. The molecule has 0 radical (unpaired) electrons. The maximum Gasteiger partial charge on any atom is 0.00405 e. The van der Waals surface area contributed by atoms with Crippen LogP contribution in [0.4, 0.5) is 0 Å². The van der Waals surface area contributed by atoms with Crippen LogP contribution in [-0.2, 0) is 0 Å². The van der Waals surface area contributed by atoms with Gasteiger partial charge >= 0.3 is 0 Å². The first-order chi connectivity index (χ1) is 10.4. The Balaban J connectivity index is 2.14. The quantitative estimate of drug-likeness (QED) is 0.473. The van der Waals surface area contributed by atoms with Gasteiger partial charge in [-0.15, -0.1) is 12.6 Å². The molecule has 0 unspecified atom stereocenters. The van der Waals surface area contributed by atoms with Gasteiger partial charge in [-0.2, -0.15) is 0 Å². The maximum atomic E-state index is 4.28. The third-order valence-corrected chi connectivity index (χ3v) is 3.99. The van der Waals surface area contributed by atoms with E-state index in [1.807, 2.05) is 13.8 Å². The zero-order valence-electron chi connectivity index (χ0n) is 13.3. The smallest absolute Gasteiger partial charge is 0.00405 e. The molecule has 0 amide bonds. The zero-order chi connectivity index (χ0) is 16.3. The zero-order valence-corrected chi connectivity index (χ0v) is 14.2. The number of rotatable bonds is 5. The number of thiol groups is 1. The highest BCUT2D eigenvalue weighted by Gasteiger charge is 2.10. The first-order valence-electron chi connectivity index (χ1n) is 7.30. The van der Waals surface area contributed by atoms with Crippen LogP contribution in [0.2, 0.25) is 0 Å². The SMILES string of the molecule is C=C(C)C(=CC1=CC=C(c2ccc(C(=C)S)cc2)C1)C(=C)C. The summed E-state index contributed by atoms with van der Waals surface area (Å²) >= 11 is 4.28. The van der Waals surface area contributed by atoms with Gasteiger partial charge < -0.3 is 0 Å². The van der Waals surface area contributed by atoms with Crippen LogP contribution in [0, 0.1) is 0 Å². The van der Waals surface area contributed by atoms with Crippen LogP contribution in [0.15, 0.2) is 84.5 Å². The van der Waals surface area contributed by atoms with E-state index in [9.17, 15) is 0 Å². The van der Waals surface area contributed by atoms with Gasteiger partial charge in [0.2, 0.25) is 0 Å². The van der Waals surface area contributed by atoms with E-state index in [1.165, 1.54) is 16.7 Å². The number of hydrogen-bond donors (Lipinski definition) is 1. The molecule has 0 fully saturated rings. The first-order valence-corrected chi connectivity index (χ1v) is 7.75. The molecule has 1 aliphatic carbocycles. The van der Waals surface area contributed by atoms with Crippen molar-refractivity contribution in [2.24, 2.45) is 0 Å². The lowest BCUT2D eigenvalue weighted by Crippen LogP contribution is -1.88. The Morgan fingerprint density at radius 1 is 1.00 bits per heavy atom. The predicted octanol–water partition coefficient (Wildman–Crippen LogP) is 6.38. The monoisotopic (exact) mass is 306 g/mol. The molecule has 0 heterocycles. The minimum atomic E-state index is 0.793. The van der Waals surface area contributed by atoms with E-state index in [4.69, 9.17) is 0 Å². The summed E-state index contributed by atoms with van der Waals surface area (Å²) in [4.78, 5) is 0.793. The third kappa shape index (κ3) is 3.80. The van der Waals surface area contributed by atoms with Gasteiger partial charge in [-0.25, -0.2) is 0 Å². The average Bonchev–Trinajstić information content (AvgIpc) is 2.92. The highest BCUT2D eigenvalue weighted by Crippen LogP contribution is 2.31. The topological polar surface area (TPSA) is 0 Å². The van der Waals surface area contributed by atoms with Crippen LogP contribution >= 0.6 is 12.6 Å². The molecule has 0 bridgehead atoms. The molecule has 112 valence electrons. The lowest BCUT2D eigenvalue weighted by molar-refractivity contribution is 1.28. The van der Waals surface area contributed by atoms with E-state index >= 15 is 0 Å². The van der Waals surface area contributed by atoms with Gasteiger partial charge in [-0.05, 0) is 48.1 Å². The average molecular weight is 306 g/mol. The van der Waals surface area contributed by atoms with Crippen molar-refractivity contribution < 1.29 is 0 Å². The predicted molar refractivity (Wildman–Crippen MR) is 103 cm³/mol. The van der Waals surface area contributed by atoms with Crippen molar-refractivity contribution in [3.05, 3.63) is 95.6 Å². The molecule has 1 aromatic rings. The van der Waals surface area contributed by atoms with Gasteiger partial charge in [0.25, 0.3) is 0 Å². The van der Waals surface area contributed by atoms with Crippen molar-refractivity contribution in [3.8, 4) is 0 Å². The molecule has 0 N–H and O–H groups in total. The Morgan fingerprint density at radius 2 is 1.59 bits per heavy atom. The normalized spacial score (nSPS) is 13.2. The van der Waals surface area contributed by atoms with Crippen molar-refractivity contribution in [2.45, 2.75) is 20.3 Å². The summed E-state index contributed by atoms with van der Waals surface area (Å²) in [5.41, 5.74) is 8.17.